The van der Waals surface area contributed by atoms with Gasteiger partial charge in [-0.1, -0.05) is 32.8 Å². The second-order valence-electron chi connectivity index (χ2n) is 3.60. The summed E-state index contributed by atoms with van der Waals surface area (Å²) in [6, 6.07) is 8.26. The summed E-state index contributed by atoms with van der Waals surface area (Å²) in [5.41, 5.74) is 3.55. The van der Waals surface area contributed by atoms with Crippen molar-refractivity contribution in [3.63, 3.8) is 0 Å². The zero-order chi connectivity index (χ0) is 10.4. The van der Waals surface area contributed by atoms with Crippen molar-refractivity contribution in [2.45, 2.75) is 39.5 Å². The molecule has 14 heavy (non-hydrogen) atoms. The van der Waals surface area contributed by atoms with Gasteiger partial charge < -0.3 is 0 Å². The first-order valence-corrected chi connectivity index (χ1v) is 5.33. The maximum Gasteiger partial charge on any atom is 0.0991 e. The predicted octanol–water partition coefficient (Wildman–Crippen LogP) is 3.46. The summed E-state index contributed by atoms with van der Waals surface area (Å²) >= 11 is 0. The van der Waals surface area contributed by atoms with Crippen LogP contribution in [0.25, 0.3) is 0 Å². The van der Waals surface area contributed by atoms with E-state index in [2.05, 4.69) is 26.0 Å². The van der Waals surface area contributed by atoms with Crippen LogP contribution < -0.4 is 0 Å². The lowest BCUT2D eigenvalue weighted by molar-refractivity contribution is 0.860. The van der Waals surface area contributed by atoms with E-state index in [1.807, 2.05) is 12.1 Å². The van der Waals surface area contributed by atoms with E-state index in [0.29, 0.717) is 0 Å². The molecule has 74 valence electrons. The number of benzene rings is 1. The highest BCUT2D eigenvalue weighted by molar-refractivity contribution is 5.38. The third-order valence-corrected chi connectivity index (χ3v) is 2.37. The molecule has 1 heteroatoms. The van der Waals surface area contributed by atoms with Crippen molar-refractivity contribution in [2.75, 3.05) is 0 Å². The van der Waals surface area contributed by atoms with E-state index in [4.69, 9.17) is 5.26 Å². The quantitative estimate of drug-likeness (QED) is 0.708. The maximum atomic E-state index is 8.80. The highest BCUT2D eigenvalue weighted by Gasteiger charge is 2.02. The molecule has 1 aromatic rings. The monoisotopic (exact) mass is 187 g/mol. The van der Waals surface area contributed by atoms with Gasteiger partial charge in [-0.15, -0.1) is 0 Å². The van der Waals surface area contributed by atoms with Crippen LogP contribution in [0.4, 0.5) is 0 Å². The lowest BCUT2D eigenvalue weighted by Crippen LogP contribution is -1.94. The zero-order valence-electron chi connectivity index (χ0n) is 9.01. The van der Waals surface area contributed by atoms with Crippen molar-refractivity contribution in [2.24, 2.45) is 0 Å². The molecule has 0 bridgehead atoms. The Kier molecular flexibility index (Phi) is 4.19. The first-order valence-electron chi connectivity index (χ1n) is 5.33. The molecular formula is C13H17N. The van der Waals surface area contributed by atoms with Gasteiger partial charge in [-0.05, 0) is 36.1 Å². The van der Waals surface area contributed by atoms with Gasteiger partial charge in [0.2, 0.25) is 0 Å². The van der Waals surface area contributed by atoms with Gasteiger partial charge in [-0.3, -0.25) is 0 Å². The molecule has 0 N–H and O–H groups in total. The number of rotatable bonds is 4. The summed E-state index contributed by atoms with van der Waals surface area (Å²) in [4.78, 5) is 0. The second-order valence-corrected chi connectivity index (χ2v) is 3.60. The Labute approximate surface area is 86.4 Å². The Morgan fingerprint density at radius 2 is 1.71 bits per heavy atom. The van der Waals surface area contributed by atoms with Crippen LogP contribution >= 0.6 is 0 Å². The fourth-order valence-corrected chi connectivity index (χ4v) is 1.71. The lowest BCUT2D eigenvalue weighted by Gasteiger charge is -2.07. The first-order chi connectivity index (χ1) is 6.81. The number of hydrogen-bond acceptors (Lipinski definition) is 1. The average Bonchev–Trinajstić information content (AvgIpc) is 2.21. The molecule has 0 amide bonds. The molecule has 1 nitrogen and oxygen atoms in total. The summed E-state index contributed by atoms with van der Waals surface area (Å²) in [5.74, 6) is 0. The Balaban J connectivity index is 2.98. The molecular weight excluding hydrogens is 170 g/mol. The lowest BCUT2D eigenvalue weighted by atomic mass is 9.97. The summed E-state index contributed by atoms with van der Waals surface area (Å²) < 4.78 is 0. The highest BCUT2D eigenvalue weighted by Crippen LogP contribution is 2.15. The normalized spacial score (nSPS) is 9.79. The zero-order valence-corrected chi connectivity index (χ0v) is 9.01. The maximum absolute atomic E-state index is 8.80. The van der Waals surface area contributed by atoms with Crippen LogP contribution in [0.3, 0.4) is 0 Å². The van der Waals surface area contributed by atoms with Gasteiger partial charge in [-0.2, -0.15) is 5.26 Å². The molecule has 1 rings (SSSR count). The smallest absolute Gasteiger partial charge is 0.0991 e. The highest BCUT2D eigenvalue weighted by atomic mass is 14.2. The molecule has 0 unspecified atom stereocenters. The van der Waals surface area contributed by atoms with Gasteiger partial charge in [0.15, 0.2) is 0 Å². The molecule has 0 spiro atoms. The Hall–Kier alpha value is -1.29. The molecule has 0 fully saturated rings. The van der Waals surface area contributed by atoms with Crippen molar-refractivity contribution in [1.82, 2.24) is 0 Å². The SMILES string of the molecule is CCCc1ccc(C#N)cc1CCC. The van der Waals surface area contributed by atoms with Crippen molar-refractivity contribution >= 4 is 0 Å². The molecule has 0 heterocycles. The van der Waals surface area contributed by atoms with Crippen LogP contribution in [-0.2, 0) is 12.8 Å². The molecule has 0 radical (unpaired) electrons. The van der Waals surface area contributed by atoms with E-state index >= 15 is 0 Å². The fraction of sp³-hybridized carbons (Fsp3) is 0.462. The second kappa shape index (κ2) is 5.44. The van der Waals surface area contributed by atoms with Gasteiger partial charge in [-0.25, -0.2) is 0 Å². The van der Waals surface area contributed by atoms with E-state index in [0.717, 1.165) is 24.8 Å². The molecule has 1 aromatic carbocycles. The van der Waals surface area contributed by atoms with Gasteiger partial charge in [0.25, 0.3) is 0 Å². The van der Waals surface area contributed by atoms with Crippen LogP contribution in [0.5, 0.6) is 0 Å². The minimum absolute atomic E-state index is 0.785. The van der Waals surface area contributed by atoms with E-state index in [9.17, 15) is 0 Å². The van der Waals surface area contributed by atoms with Crippen LogP contribution in [0, 0.1) is 11.3 Å². The minimum atomic E-state index is 0.785. The largest absolute Gasteiger partial charge is 0.192 e. The molecule has 0 aliphatic rings. The predicted molar refractivity (Wildman–Crippen MR) is 59.1 cm³/mol. The van der Waals surface area contributed by atoms with Gasteiger partial charge >= 0.3 is 0 Å². The van der Waals surface area contributed by atoms with Crippen LogP contribution in [0.15, 0.2) is 18.2 Å². The van der Waals surface area contributed by atoms with E-state index in [1.165, 1.54) is 17.5 Å². The van der Waals surface area contributed by atoms with E-state index < -0.39 is 0 Å². The summed E-state index contributed by atoms with van der Waals surface area (Å²) in [7, 11) is 0. The van der Waals surface area contributed by atoms with Crippen molar-refractivity contribution in [1.29, 1.82) is 5.26 Å². The average molecular weight is 187 g/mol. The third kappa shape index (κ3) is 2.60. The molecule has 0 aliphatic carbocycles. The van der Waals surface area contributed by atoms with Gasteiger partial charge in [0.05, 0.1) is 11.6 Å². The van der Waals surface area contributed by atoms with Crippen molar-refractivity contribution in [3.05, 3.63) is 34.9 Å². The summed E-state index contributed by atoms with van der Waals surface area (Å²) in [6.45, 7) is 4.36. The van der Waals surface area contributed by atoms with Crippen LogP contribution in [-0.4, -0.2) is 0 Å². The van der Waals surface area contributed by atoms with E-state index in [1.54, 1.807) is 0 Å². The van der Waals surface area contributed by atoms with Crippen LogP contribution in [0.2, 0.25) is 0 Å². The van der Waals surface area contributed by atoms with Gasteiger partial charge in [0, 0.05) is 0 Å². The van der Waals surface area contributed by atoms with Gasteiger partial charge in [0.1, 0.15) is 0 Å². The molecule has 0 saturated carbocycles. The first kappa shape index (κ1) is 10.8. The third-order valence-electron chi connectivity index (χ3n) is 2.37. The standard InChI is InChI=1S/C13H17N/c1-3-5-12-8-7-11(10-14)9-13(12)6-4-2/h7-9H,3-6H2,1-2H3. The number of nitriles is 1. The van der Waals surface area contributed by atoms with Crippen LogP contribution in [0.1, 0.15) is 43.4 Å². The molecule has 0 aromatic heterocycles. The van der Waals surface area contributed by atoms with Crippen molar-refractivity contribution < 1.29 is 0 Å². The van der Waals surface area contributed by atoms with E-state index in [-0.39, 0.29) is 0 Å². The number of hydrogen-bond donors (Lipinski definition) is 0. The molecule has 0 aliphatic heterocycles. The summed E-state index contributed by atoms with van der Waals surface area (Å²) in [5, 5.41) is 8.80. The van der Waals surface area contributed by atoms with Crippen molar-refractivity contribution in [3.8, 4) is 6.07 Å². The molecule has 0 saturated heterocycles. The Morgan fingerprint density at radius 3 is 2.29 bits per heavy atom. The number of nitrogens with zero attached hydrogens (tertiary/aromatic N) is 1. The minimum Gasteiger partial charge on any atom is -0.192 e. The molecule has 0 atom stereocenters. The Morgan fingerprint density at radius 1 is 1.07 bits per heavy atom. The summed E-state index contributed by atoms with van der Waals surface area (Å²) in [6.07, 6.45) is 4.53. The topological polar surface area (TPSA) is 23.8 Å². The Bertz CT molecular complexity index is 334. The fourth-order valence-electron chi connectivity index (χ4n) is 1.71. The number of aryl methyl sites for hydroxylation is 2.